The lowest BCUT2D eigenvalue weighted by Crippen LogP contribution is -2.58. The quantitative estimate of drug-likeness (QED) is 0.219. The van der Waals surface area contributed by atoms with Gasteiger partial charge in [-0.25, -0.2) is 0 Å². The van der Waals surface area contributed by atoms with E-state index >= 15 is 0 Å². The first-order chi connectivity index (χ1) is 13.8. The summed E-state index contributed by atoms with van der Waals surface area (Å²) in [6.45, 7) is 1.90. The third kappa shape index (κ3) is 13.6. The standard InChI is InChI=1S/C18H34N4O7/c1-14(23)22-18(11-27-8-5-15(24)19-2,12-28-9-6-16(25)20-3)13-29-10-7-17(26)21-4/h5-13H2,1-4H3,(H,19,24)(H,20,25)(H,21,26)(H,22,23). The first-order valence-corrected chi connectivity index (χ1v) is 9.42. The van der Waals surface area contributed by atoms with E-state index < -0.39 is 5.54 Å². The highest BCUT2D eigenvalue weighted by atomic mass is 16.5. The summed E-state index contributed by atoms with van der Waals surface area (Å²) in [7, 11) is 4.60. The molecule has 29 heavy (non-hydrogen) atoms. The highest BCUT2D eigenvalue weighted by Crippen LogP contribution is 2.10. The Bertz CT molecular complexity index is 469. The maximum atomic E-state index is 11.8. The summed E-state index contributed by atoms with van der Waals surface area (Å²) in [5.41, 5.74) is -1.03. The minimum atomic E-state index is -1.03. The molecule has 0 aromatic rings. The van der Waals surface area contributed by atoms with Crippen LogP contribution in [0.3, 0.4) is 0 Å². The molecule has 0 rings (SSSR count). The third-order valence-electron chi connectivity index (χ3n) is 3.83. The zero-order chi connectivity index (χ0) is 22.1. The number of hydrogen-bond donors (Lipinski definition) is 4. The van der Waals surface area contributed by atoms with Gasteiger partial charge >= 0.3 is 0 Å². The van der Waals surface area contributed by atoms with Gasteiger partial charge in [-0.15, -0.1) is 0 Å². The van der Waals surface area contributed by atoms with Crippen LogP contribution in [0.25, 0.3) is 0 Å². The molecule has 0 unspecified atom stereocenters. The highest BCUT2D eigenvalue weighted by molar-refractivity contribution is 5.76. The predicted octanol–water partition coefficient (Wildman–Crippen LogP) is -1.68. The Morgan fingerprint density at radius 3 is 1.21 bits per heavy atom. The maximum Gasteiger partial charge on any atom is 0.222 e. The molecule has 0 aliphatic heterocycles. The van der Waals surface area contributed by atoms with E-state index in [4.69, 9.17) is 14.2 Å². The minimum absolute atomic E-state index is 0.0313. The van der Waals surface area contributed by atoms with Gasteiger partial charge in [0.05, 0.1) is 39.6 Å². The van der Waals surface area contributed by atoms with Gasteiger partial charge in [0.25, 0.3) is 0 Å². The highest BCUT2D eigenvalue weighted by Gasteiger charge is 2.33. The van der Waals surface area contributed by atoms with Gasteiger partial charge in [0.2, 0.25) is 23.6 Å². The van der Waals surface area contributed by atoms with Crippen LogP contribution in [0.5, 0.6) is 0 Å². The van der Waals surface area contributed by atoms with Gasteiger partial charge < -0.3 is 35.5 Å². The van der Waals surface area contributed by atoms with Gasteiger partial charge in [-0.1, -0.05) is 0 Å². The molecule has 0 heterocycles. The molecule has 0 aromatic carbocycles. The molecule has 0 saturated heterocycles. The monoisotopic (exact) mass is 418 g/mol. The van der Waals surface area contributed by atoms with Crippen molar-refractivity contribution in [3.8, 4) is 0 Å². The Hall–Kier alpha value is -2.24. The second-order valence-corrected chi connectivity index (χ2v) is 6.39. The van der Waals surface area contributed by atoms with E-state index in [0.717, 1.165) is 0 Å². The average molecular weight is 418 g/mol. The molecule has 4 amide bonds. The van der Waals surface area contributed by atoms with Gasteiger partial charge in [-0.05, 0) is 0 Å². The van der Waals surface area contributed by atoms with Crippen LogP contribution in [0.4, 0.5) is 0 Å². The fourth-order valence-electron chi connectivity index (χ4n) is 2.28. The molecule has 0 bridgehead atoms. The molecule has 0 aliphatic rings. The van der Waals surface area contributed by atoms with Crippen molar-refractivity contribution in [2.24, 2.45) is 0 Å². The van der Waals surface area contributed by atoms with Crippen LogP contribution >= 0.6 is 0 Å². The van der Waals surface area contributed by atoms with Gasteiger partial charge in [0.15, 0.2) is 0 Å². The topological polar surface area (TPSA) is 144 Å². The summed E-state index contributed by atoms with van der Waals surface area (Å²) >= 11 is 0. The lowest BCUT2D eigenvalue weighted by atomic mass is 10.0. The molecular weight excluding hydrogens is 384 g/mol. The molecule has 0 atom stereocenters. The van der Waals surface area contributed by atoms with Crippen LogP contribution in [0.2, 0.25) is 0 Å². The van der Waals surface area contributed by atoms with Crippen LogP contribution < -0.4 is 21.3 Å². The van der Waals surface area contributed by atoms with Gasteiger partial charge in [-0.2, -0.15) is 0 Å². The maximum absolute atomic E-state index is 11.8. The van der Waals surface area contributed by atoms with Crippen LogP contribution in [-0.2, 0) is 33.4 Å². The number of carbonyl (C=O) groups excluding carboxylic acids is 4. The number of hydrogen-bond acceptors (Lipinski definition) is 7. The Kier molecular flexibility index (Phi) is 14.4. The van der Waals surface area contributed by atoms with Crippen LogP contribution in [0.15, 0.2) is 0 Å². The van der Waals surface area contributed by atoms with Gasteiger partial charge in [0, 0.05) is 47.3 Å². The Labute approximate surface area is 171 Å². The van der Waals surface area contributed by atoms with Crippen molar-refractivity contribution in [1.29, 1.82) is 0 Å². The predicted molar refractivity (Wildman–Crippen MR) is 105 cm³/mol. The number of nitrogens with one attached hydrogen (secondary N) is 4. The number of rotatable bonds is 16. The van der Waals surface area contributed by atoms with E-state index in [9.17, 15) is 19.2 Å². The Morgan fingerprint density at radius 2 is 0.966 bits per heavy atom. The van der Waals surface area contributed by atoms with Crippen LogP contribution in [0, 0.1) is 0 Å². The lowest BCUT2D eigenvalue weighted by Gasteiger charge is -2.33. The van der Waals surface area contributed by atoms with Crippen molar-refractivity contribution in [1.82, 2.24) is 21.3 Å². The van der Waals surface area contributed by atoms with E-state index in [1.165, 1.54) is 28.1 Å². The molecule has 0 fully saturated rings. The van der Waals surface area contributed by atoms with Crippen molar-refractivity contribution in [2.45, 2.75) is 31.7 Å². The van der Waals surface area contributed by atoms with E-state index in [1.807, 2.05) is 0 Å². The zero-order valence-electron chi connectivity index (χ0n) is 17.7. The summed E-state index contributed by atoms with van der Waals surface area (Å²) in [5.74, 6) is -0.818. The molecule has 0 aromatic heterocycles. The Balaban J connectivity index is 4.90. The van der Waals surface area contributed by atoms with Crippen molar-refractivity contribution in [3.63, 3.8) is 0 Å². The number of ether oxygens (including phenoxy) is 3. The molecule has 4 N–H and O–H groups in total. The SMILES string of the molecule is CNC(=O)CCOCC(COCCC(=O)NC)(COCCC(=O)NC)NC(C)=O. The fourth-order valence-corrected chi connectivity index (χ4v) is 2.28. The molecule has 11 heteroatoms. The van der Waals surface area contributed by atoms with Crippen molar-refractivity contribution in [3.05, 3.63) is 0 Å². The van der Waals surface area contributed by atoms with Crippen molar-refractivity contribution >= 4 is 23.6 Å². The second-order valence-electron chi connectivity index (χ2n) is 6.39. The number of carbonyl (C=O) groups is 4. The smallest absolute Gasteiger partial charge is 0.222 e. The molecule has 168 valence electrons. The van der Waals surface area contributed by atoms with Crippen molar-refractivity contribution in [2.75, 3.05) is 60.8 Å². The minimum Gasteiger partial charge on any atom is -0.378 e. The molecule has 11 nitrogen and oxygen atoms in total. The second kappa shape index (κ2) is 15.7. The molecule has 0 spiro atoms. The van der Waals surface area contributed by atoms with Gasteiger partial charge in [-0.3, -0.25) is 19.2 Å². The summed E-state index contributed by atoms with van der Waals surface area (Å²) in [4.78, 5) is 45.8. The Morgan fingerprint density at radius 1 is 0.655 bits per heavy atom. The average Bonchev–Trinajstić information content (AvgIpc) is 2.70. The molecule has 0 radical (unpaired) electrons. The van der Waals surface area contributed by atoms with E-state index in [0.29, 0.717) is 0 Å². The van der Waals surface area contributed by atoms with Crippen LogP contribution in [0.1, 0.15) is 26.2 Å². The first-order valence-electron chi connectivity index (χ1n) is 9.42. The molecular formula is C18H34N4O7. The number of amides is 4. The summed E-state index contributed by atoms with van der Waals surface area (Å²) in [6, 6.07) is 0. The largest absolute Gasteiger partial charge is 0.378 e. The van der Waals surface area contributed by atoms with Crippen LogP contribution in [-0.4, -0.2) is 90.0 Å². The van der Waals surface area contributed by atoms with E-state index in [-0.39, 0.29) is 82.5 Å². The van der Waals surface area contributed by atoms with E-state index in [2.05, 4.69) is 21.3 Å². The van der Waals surface area contributed by atoms with Gasteiger partial charge in [0.1, 0.15) is 5.54 Å². The summed E-state index contributed by atoms with van der Waals surface area (Å²) in [6.07, 6.45) is 0.505. The zero-order valence-corrected chi connectivity index (χ0v) is 17.7. The van der Waals surface area contributed by atoms with E-state index in [1.54, 1.807) is 0 Å². The summed E-state index contributed by atoms with van der Waals surface area (Å²) in [5, 5.41) is 10.3. The fraction of sp³-hybridized carbons (Fsp3) is 0.778. The normalized spacial score (nSPS) is 10.9. The molecule has 0 saturated carbocycles. The summed E-state index contributed by atoms with van der Waals surface area (Å²) < 4.78 is 16.7. The molecule has 0 aliphatic carbocycles. The lowest BCUT2D eigenvalue weighted by molar-refractivity contribution is -0.129. The first kappa shape index (κ1) is 26.8. The third-order valence-corrected chi connectivity index (χ3v) is 3.83. The van der Waals surface area contributed by atoms with Crippen molar-refractivity contribution < 1.29 is 33.4 Å².